The highest BCUT2D eigenvalue weighted by atomic mass is 16.6. The first-order valence-corrected chi connectivity index (χ1v) is 23.9. The first-order valence-electron chi connectivity index (χ1n) is 23.9. The third kappa shape index (κ3) is 41.6. The summed E-state index contributed by atoms with van der Waals surface area (Å²) in [4.78, 5) is 37.7. The zero-order valence-electron chi connectivity index (χ0n) is 36.7. The van der Waals surface area contributed by atoms with E-state index in [1.54, 1.807) is 0 Å². The number of unbranched alkanes of at least 4 members (excludes halogenated alkanes) is 30. The van der Waals surface area contributed by atoms with Crippen LogP contribution < -0.4 is 0 Å². The third-order valence-corrected chi connectivity index (χ3v) is 10.8. The van der Waals surface area contributed by atoms with Crippen LogP contribution in [-0.2, 0) is 28.6 Å². The molecule has 54 heavy (non-hydrogen) atoms. The fraction of sp³-hybridized carbons (Fsp3) is 0.938. The van der Waals surface area contributed by atoms with Crippen LogP contribution in [0.3, 0.4) is 0 Å². The number of ether oxygens (including phenoxy) is 3. The van der Waals surface area contributed by atoms with Gasteiger partial charge in [0.2, 0.25) is 0 Å². The monoisotopic (exact) mass is 765 g/mol. The van der Waals surface area contributed by atoms with Crippen molar-refractivity contribution < 1.29 is 28.6 Å². The van der Waals surface area contributed by atoms with Gasteiger partial charge >= 0.3 is 17.9 Å². The smallest absolute Gasteiger partial charge is 0.306 e. The van der Waals surface area contributed by atoms with Crippen molar-refractivity contribution in [1.82, 2.24) is 0 Å². The van der Waals surface area contributed by atoms with Gasteiger partial charge in [0.15, 0.2) is 6.10 Å². The van der Waals surface area contributed by atoms with E-state index in [0.29, 0.717) is 19.3 Å². The Hall–Kier alpha value is -1.59. The maximum absolute atomic E-state index is 12.7. The van der Waals surface area contributed by atoms with E-state index in [0.717, 1.165) is 63.7 Å². The van der Waals surface area contributed by atoms with E-state index in [1.807, 2.05) is 0 Å². The van der Waals surface area contributed by atoms with Gasteiger partial charge in [0, 0.05) is 19.3 Å². The van der Waals surface area contributed by atoms with Crippen LogP contribution in [0.25, 0.3) is 0 Å². The molecule has 0 aliphatic rings. The minimum absolute atomic E-state index is 0.0635. The Bertz CT molecular complexity index is 811. The second-order valence-electron chi connectivity index (χ2n) is 16.9. The molecule has 0 amide bonds. The minimum atomic E-state index is -0.759. The van der Waals surface area contributed by atoms with E-state index in [2.05, 4.69) is 27.7 Å². The topological polar surface area (TPSA) is 78.9 Å². The molecular formula is C48H92O6. The molecule has 320 valence electrons. The lowest BCUT2D eigenvalue weighted by Crippen LogP contribution is -2.30. The number of carbonyl (C=O) groups is 3. The summed E-state index contributed by atoms with van der Waals surface area (Å²) < 4.78 is 16.7. The predicted molar refractivity (Wildman–Crippen MR) is 229 cm³/mol. The standard InChI is InChI=1S/C48H92O6/c1-5-7-9-11-13-15-16-17-18-19-24-27-31-35-39-46(49)52-42-45(54-48(51)41-37-33-29-22-14-12-10-8-6-2)43-53-47(50)40-36-32-28-25-21-20-23-26-30-34-38-44(3)4/h44-45H,5-43H2,1-4H3/t45-/m0/s1. The molecule has 0 fully saturated rings. The van der Waals surface area contributed by atoms with E-state index in [9.17, 15) is 14.4 Å². The lowest BCUT2D eigenvalue weighted by Gasteiger charge is -2.18. The molecule has 0 unspecified atom stereocenters. The van der Waals surface area contributed by atoms with Crippen LogP contribution in [0.5, 0.6) is 0 Å². The van der Waals surface area contributed by atoms with Gasteiger partial charge in [-0.15, -0.1) is 0 Å². The van der Waals surface area contributed by atoms with E-state index in [-0.39, 0.29) is 31.1 Å². The van der Waals surface area contributed by atoms with Crippen LogP contribution in [0.2, 0.25) is 0 Å². The van der Waals surface area contributed by atoms with Crippen molar-refractivity contribution in [2.24, 2.45) is 5.92 Å². The van der Waals surface area contributed by atoms with Gasteiger partial charge in [0.25, 0.3) is 0 Å². The summed E-state index contributed by atoms with van der Waals surface area (Å²) in [5.74, 6) is -0.0346. The first-order chi connectivity index (χ1) is 26.4. The second-order valence-corrected chi connectivity index (χ2v) is 16.9. The number of carbonyl (C=O) groups excluding carboxylic acids is 3. The summed E-state index contributed by atoms with van der Waals surface area (Å²) in [7, 11) is 0. The number of rotatable bonds is 43. The van der Waals surface area contributed by atoms with E-state index < -0.39 is 6.10 Å². The molecule has 0 spiro atoms. The third-order valence-electron chi connectivity index (χ3n) is 10.8. The zero-order chi connectivity index (χ0) is 39.6. The van der Waals surface area contributed by atoms with Crippen molar-refractivity contribution in [2.45, 2.75) is 271 Å². The van der Waals surface area contributed by atoms with E-state index in [4.69, 9.17) is 14.2 Å². The molecule has 0 aromatic heterocycles. The molecule has 0 aromatic carbocycles. The van der Waals surface area contributed by atoms with Crippen molar-refractivity contribution in [3.63, 3.8) is 0 Å². The molecule has 6 nitrogen and oxygen atoms in total. The molecule has 1 atom stereocenters. The minimum Gasteiger partial charge on any atom is -0.462 e. The van der Waals surface area contributed by atoms with Gasteiger partial charge in [-0.2, -0.15) is 0 Å². The van der Waals surface area contributed by atoms with Crippen LogP contribution in [0.4, 0.5) is 0 Å². The highest BCUT2D eigenvalue weighted by Crippen LogP contribution is 2.16. The van der Waals surface area contributed by atoms with Gasteiger partial charge in [0.05, 0.1) is 0 Å². The van der Waals surface area contributed by atoms with Gasteiger partial charge < -0.3 is 14.2 Å². The van der Waals surface area contributed by atoms with Crippen molar-refractivity contribution in [3.05, 3.63) is 0 Å². The quantitative estimate of drug-likeness (QED) is 0.0349. The van der Waals surface area contributed by atoms with Crippen LogP contribution in [0, 0.1) is 5.92 Å². The van der Waals surface area contributed by atoms with Crippen molar-refractivity contribution >= 4 is 17.9 Å². The highest BCUT2D eigenvalue weighted by molar-refractivity contribution is 5.71. The Morgan fingerprint density at radius 3 is 0.907 bits per heavy atom. The van der Waals surface area contributed by atoms with Gasteiger partial charge in [-0.05, 0) is 25.2 Å². The molecule has 6 heteroatoms. The second kappa shape index (κ2) is 42.6. The summed E-state index contributed by atoms with van der Waals surface area (Å²) >= 11 is 0. The molecule has 0 heterocycles. The van der Waals surface area contributed by atoms with E-state index in [1.165, 1.54) is 161 Å². The summed E-state index contributed by atoms with van der Waals surface area (Å²) in [5, 5.41) is 0. The molecule has 0 saturated heterocycles. The Kier molecular flexibility index (Phi) is 41.3. The van der Waals surface area contributed by atoms with Crippen LogP contribution in [0.15, 0.2) is 0 Å². The zero-order valence-corrected chi connectivity index (χ0v) is 36.7. The highest BCUT2D eigenvalue weighted by Gasteiger charge is 2.19. The molecular weight excluding hydrogens is 673 g/mol. The van der Waals surface area contributed by atoms with Crippen LogP contribution in [-0.4, -0.2) is 37.2 Å². The SMILES string of the molecule is CCCCCCCCCCCCCCCCC(=O)OC[C@@H](COC(=O)CCCCCCCCCCCCC(C)C)OC(=O)CCCCCCCCCCC. The molecule has 0 saturated carbocycles. The Morgan fingerprint density at radius 2 is 0.611 bits per heavy atom. The fourth-order valence-corrected chi connectivity index (χ4v) is 7.16. The normalized spacial score (nSPS) is 11.9. The molecule has 0 aromatic rings. The summed E-state index contributed by atoms with van der Waals surface area (Å²) in [6.45, 7) is 8.98. The molecule has 0 radical (unpaired) electrons. The number of hydrogen-bond donors (Lipinski definition) is 0. The lowest BCUT2D eigenvalue weighted by atomic mass is 10.0. The molecule has 0 rings (SSSR count). The molecule has 0 aliphatic heterocycles. The number of hydrogen-bond acceptors (Lipinski definition) is 6. The van der Waals surface area contributed by atoms with E-state index >= 15 is 0 Å². The maximum atomic E-state index is 12.7. The predicted octanol–water partition coefficient (Wildman–Crippen LogP) is 15.1. The van der Waals surface area contributed by atoms with Crippen molar-refractivity contribution in [1.29, 1.82) is 0 Å². The van der Waals surface area contributed by atoms with Gasteiger partial charge in [-0.1, -0.05) is 227 Å². The fourth-order valence-electron chi connectivity index (χ4n) is 7.16. The lowest BCUT2D eigenvalue weighted by molar-refractivity contribution is -0.167. The summed E-state index contributed by atoms with van der Waals surface area (Å²) in [6, 6.07) is 0. The Balaban J connectivity index is 4.28. The van der Waals surface area contributed by atoms with Crippen LogP contribution in [0.1, 0.15) is 265 Å². The Labute approximate surface area is 336 Å². The molecule has 0 aliphatic carbocycles. The average molecular weight is 765 g/mol. The number of esters is 3. The van der Waals surface area contributed by atoms with Gasteiger partial charge in [0.1, 0.15) is 13.2 Å². The average Bonchev–Trinajstić information content (AvgIpc) is 3.15. The summed E-state index contributed by atoms with van der Waals surface area (Å²) in [6.07, 6.45) is 42.3. The largest absolute Gasteiger partial charge is 0.462 e. The first kappa shape index (κ1) is 52.4. The van der Waals surface area contributed by atoms with Gasteiger partial charge in [-0.25, -0.2) is 0 Å². The summed E-state index contributed by atoms with van der Waals surface area (Å²) in [5.41, 5.74) is 0. The molecule has 0 N–H and O–H groups in total. The maximum Gasteiger partial charge on any atom is 0.306 e. The van der Waals surface area contributed by atoms with Crippen molar-refractivity contribution in [3.8, 4) is 0 Å². The Morgan fingerprint density at radius 1 is 0.352 bits per heavy atom. The van der Waals surface area contributed by atoms with Gasteiger partial charge in [-0.3, -0.25) is 14.4 Å². The van der Waals surface area contributed by atoms with Crippen molar-refractivity contribution in [2.75, 3.05) is 13.2 Å². The van der Waals surface area contributed by atoms with Crippen LogP contribution >= 0.6 is 0 Å². The molecule has 0 bridgehead atoms.